The maximum absolute atomic E-state index is 14.7. The lowest BCUT2D eigenvalue weighted by atomic mass is 9.83. The molecule has 4 heteroatoms. The number of halogens is 1. The molecule has 0 unspecified atom stereocenters. The second-order valence-electron chi connectivity index (χ2n) is 7.66. The molecule has 0 aliphatic carbocycles. The van der Waals surface area contributed by atoms with Crippen LogP contribution in [0.1, 0.15) is 28.8 Å². The van der Waals surface area contributed by atoms with E-state index in [4.69, 9.17) is 0 Å². The zero-order valence-corrected chi connectivity index (χ0v) is 16.2. The van der Waals surface area contributed by atoms with E-state index >= 15 is 0 Å². The number of nitrogens with zero attached hydrogens (tertiary/aromatic N) is 1. The lowest BCUT2D eigenvalue weighted by molar-refractivity contribution is -0.0247. The molecule has 1 saturated heterocycles. The molecule has 0 radical (unpaired) electrons. The van der Waals surface area contributed by atoms with Gasteiger partial charge in [-0.05, 0) is 30.0 Å². The van der Waals surface area contributed by atoms with E-state index in [0.29, 0.717) is 49.2 Å². The molecule has 1 aliphatic rings. The molecule has 148 valence electrons. The standard InChI is InChI=1S/C25H24FNO2/c26-23-17-21(11-12-22(23)19-7-3-1-4-8-19)25(29)13-15-27(16-14-25)18-24(28)20-9-5-2-6-10-20/h1-12,17,29H,13-16,18H2. The molecule has 1 aliphatic heterocycles. The monoisotopic (exact) mass is 389 g/mol. The van der Waals surface area contributed by atoms with Gasteiger partial charge < -0.3 is 5.11 Å². The highest BCUT2D eigenvalue weighted by molar-refractivity contribution is 5.97. The number of Topliss-reactive ketones (excluding diaryl/α,β-unsaturated/α-hetero) is 1. The van der Waals surface area contributed by atoms with Crippen LogP contribution >= 0.6 is 0 Å². The van der Waals surface area contributed by atoms with Crippen LogP contribution in [0.25, 0.3) is 11.1 Å². The number of hydrogen-bond donors (Lipinski definition) is 1. The van der Waals surface area contributed by atoms with Gasteiger partial charge in [-0.3, -0.25) is 9.69 Å². The maximum Gasteiger partial charge on any atom is 0.176 e. The van der Waals surface area contributed by atoms with Crippen molar-refractivity contribution in [2.75, 3.05) is 19.6 Å². The van der Waals surface area contributed by atoms with Gasteiger partial charge in [0, 0.05) is 24.2 Å². The van der Waals surface area contributed by atoms with Gasteiger partial charge in [0.05, 0.1) is 12.1 Å². The van der Waals surface area contributed by atoms with Gasteiger partial charge in [-0.15, -0.1) is 0 Å². The van der Waals surface area contributed by atoms with Gasteiger partial charge in [0.1, 0.15) is 5.82 Å². The summed E-state index contributed by atoms with van der Waals surface area (Å²) < 4.78 is 14.7. The largest absolute Gasteiger partial charge is 0.385 e. The van der Waals surface area contributed by atoms with E-state index < -0.39 is 5.60 Å². The van der Waals surface area contributed by atoms with Crippen molar-refractivity contribution in [2.24, 2.45) is 0 Å². The molecule has 1 heterocycles. The summed E-state index contributed by atoms with van der Waals surface area (Å²) >= 11 is 0. The van der Waals surface area contributed by atoms with Crippen LogP contribution in [-0.4, -0.2) is 35.4 Å². The molecule has 0 aromatic heterocycles. The quantitative estimate of drug-likeness (QED) is 0.645. The van der Waals surface area contributed by atoms with Crippen molar-refractivity contribution in [1.82, 2.24) is 4.90 Å². The minimum atomic E-state index is -1.07. The van der Waals surface area contributed by atoms with Crippen LogP contribution in [0, 0.1) is 5.82 Å². The first kappa shape index (κ1) is 19.5. The second kappa shape index (κ2) is 8.27. The Bertz CT molecular complexity index is 980. The van der Waals surface area contributed by atoms with E-state index in [1.165, 1.54) is 6.07 Å². The fourth-order valence-corrected chi connectivity index (χ4v) is 3.94. The van der Waals surface area contributed by atoms with E-state index in [2.05, 4.69) is 4.90 Å². The highest BCUT2D eigenvalue weighted by Gasteiger charge is 2.35. The summed E-state index contributed by atoms with van der Waals surface area (Å²) in [5, 5.41) is 11.1. The predicted molar refractivity (Wildman–Crippen MR) is 112 cm³/mol. The Kier molecular flexibility index (Phi) is 5.56. The van der Waals surface area contributed by atoms with Crippen LogP contribution in [0.4, 0.5) is 4.39 Å². The number of benzene rings is 3. The van der Waals surface area contributed by atoms with Crippen LogP contribution in [0.3, 0.4) is 0 Å². The minimum absolute atomic E-state index is 0.0781. The van der Waals surface area contributed by atoms with Gasteiger partial charge in [0.25, 0.3) is 0 Å². The molecule has 1 fully saturated rings. The number of piperidine rings is 1. The average Bonchev–Trinajstić information content (AvgIpc) is 2.76. The Morgan fingerprint density at radius 1 is 0.931 bits per heavy atom. The topological polar surface area (TPSA) is 40.5 Å². The van der Waals surface area contributed by atoms with Gasteiger partial charge in [-0.1, -0.05) is 72.8 Å². The third kappa shape index (κ3) is 4.29. The number of rotatable bonds is 5. The zero-order valence-electron chi connectivity index (χ0n) is 16.2. The Labute approximate surface area is 170 Å². The summed E-state index contributed by atoms with van der Waals surface area (Å²) in [6.45, 7) is 1.52. The molecule has 0 atom stereocenters. The van der Waals surface area contributed by atoms with Crippen LogP contribution in [0.15, 0.2) is 78.9 Å². The van der Waals surface area contributed by atoms with Crippen LogP contribution in [0.5, 0.6) is 0 Å². The third-order valence-electron chi connectivity index (χ3n) is 5.74. The average molecular weight is 389 g/mol. The molecule has 1 N–H and O–H groups in total. The maximum atomic E-state index is 14.7. The summed E-state index contributed by atoms with van der Waals surface area (Å²) in [6.07, 6.45) is 0.943. The number of likely N-dealkylation sites (tertiary alicyclic amines) is 1. The molecular formula is C25H24FNO2. The Hall–Kier alpha value is -2.82. The first-order valence-corrected chi connectivity index (χ1v) is 9.94. The lowest BCUT2D eigenvalue weighted by Gasteiger charge is -2.38. The van der Waals surface area contributed by atoms with Gasteiger partial charge in [-0.25, -0.2) is 4.39 Å². The lowest BCUT2D eigenvalue weighted by Crippen LogP contribution is -2.44. The minimum Gasteiger partial charge on any atom is -0.385 e. The number of carbonyl (C=O) groups excluding carboxylic acids is 1. The van der Waals surface area contributed by atoms with Gasteiger partial charge in [0.15, 0.2) is 5.78 Å². The molecule has 0 spiro atoms. The number of aliphatic hydroxyl groups is 1. The van der Waals surface area contributed by atoms with Crippen LogP contribution in [0.2, 0.25) is 0 Å². The molecule has 3 nitrogen and oxygen atoms in total. The first-order valence-electron chi connectivity index (χ1n) is 9.94. The van der Waals surface area contributed by atoms with Crippen molar-refractivity contribution in [3.8, 4) is 11.1 Å². The van der Waals surface area contributed by atoms with E-state index in [1.807, 2.05) is 66.7 Å². The predicted octanol–water partition coefficient (Wildman–Crippen LogP) is 4.66. The second-order valence-corrected chi connectivity index (χ2v) is 7.66. The normalized spacial score (nSPS) is 16.5. The highest BCUT2D eigenvalue weighted by Crippen LogP contribution is 2.35. The van der Waals surface area contributed by atoms with Gasteiger partial charge >= 0.3 is 0 Å². The van der Waals surface area contributed by atoms with Crippen molar-refractivity contribution < 1.29 is 14.3 Å². The third-order valence-corrected chi connectivity index (χ3v) is 5.74. The Morgan fingerprint density at radius 2 is 1.55 bits per heavy atom. The summed E-state index contributed by atoms with van der Waals surface area (Å²) in [4.78, 5) is 14.5. The molecule has 0 saturated carbocycles. The van der Waals surface area contributed by atoms with Crippen LogP contribution in [-0.2, 0) is 5.60 Å². The fourth-order valence-electron chi connectivity index (χ4n) is 3.94. The molecule has 3 aromatic carbocycles. The molecule has 4 rings (SSSR count). The van der Waals surface area contributed by atoms with Gasteiger partial charge in [0.2, 0.25) is 0 Å². The summed E-state index contributed by atoms with van der Waals surface area (Å²) in [6, 6.07) is 23.6. The van der Waals surface area contributed by atoms with Gasteiger partial charge in [-0.2, -0.15) is 0 Å². The van der Waals surface area contributed by atoms with Crippen molar-refractivity contribution in [3.05, 3.63) is 95.8 Å². The summed E-state index contributed by atoms with van der Waals surface area (Å²) in [5.41, 5.74) is 1.58. The van der Waals surface area contributed by atoms with Crippen molar-refractivity contribution in [3.63, 3.8) is 0 Å². The molecule has 0 bridgehead atoms. The fraction of sp³-hybridized carbons (Fsp3) is 0.240. The van der Waals surface area contributed by atoms with Crippen LogP contribution < -0.4 is 0 Å². The molecule has 3 aromatic rings. The summed E-state index contributed by atoms with van der Waals surface area (Å²) in [5.74, 6) is -0.252. The SMILES string of the molecule is O=C(CN1CCC(O)(c2ccc(-c3ccccc3)c(F)c2)CC1)c1ccccc1. The van der Waals surface area contributed by atoms with E-state index in [1.54, 1.807) is 6.07 Å². The smallest absolute Gasteiger partial charge is 0.176 e. The molecule has 29 heavy (non-hydrogen) atoms. The van der Waals surface area contributed by atoms with Crippen molar-refractivity contribution in [2.45, 2.75) is 18.4 Å². The van der Waals surface area contributed by atoms with Crippen molar-refractivity contribution in [1.29, 1.82) is 0 Å². The number of ketones is 1. The molecule has 0 amide bonds. The Morgan fingerprint density at radius 3 is 2.17 bits per heavy atom. The highest BCUT2D eigenvalue weighted by atomic mass is 19.1. The van der Waals surface area contributed by atoms with E-state index in [-0.39, 0.29) is 11.6 Å². The van der Waals surface area contributed by atoms with E-state index in [0.717, 1.165) is 5.56 Å². The number of carbonyl (C=O) groups is 1. The van der Waals surface area contributed by atoms with E-state index in [9.17, 15) is 14.3 Å². The first-order chi connectivity index (χ1) is 14.0. The summed E-state index contributed by atoms with van der Waals surface area (Å²) in [7, 11) is 0. The zero-order chi connectivity index (χ0) is 20.3. The molecular weight excluding hydrogens is 365 g/mol. The number of hydrogen-bond acceptors (Lipinski definition) is 3. The van der Waals surface area contributed by atoms with Crippen molar-refractivity contribution >= 4 is 5.78 Å². The Balaban J connectivity index is 1.43.